The molecule has 1 rings (SSSR count). The smallest absolute Gasteiger partial charge is 0.322 e. The lowest BCUT2D eigenvalue weighted by Gasteiger charge is -2.13. The molecule has 1 aliphatic rings. The quantitative estimate of drug-likeness (QED) is 0.447. The standard InChI is InChI=1S/C11H13N3O6/c15-7(12-5-8(16)13-6-11(19)20)3-4-14-9(17)1-2-10(14)18/h1-2H,3-6H2,(H,12,15)(H,13,16)(H,19,20). The largest absolute Gasteiger partial charge is 0.480 e. The van der Waals surface area contributed by atoms with Crippen LogP contribution in [0.15, 0.2) is 12.2 Å². The lowest BCUT2D eigenvalue weighted by atomic mass is 10.3. The molecule has 108 valence electrons. The van der Waals surface area contributed by atoms with Crippen LogP contribution in [0.2, 0.25) is 0 Å². The van der Waals surface area contributed by atoms with Gasteiger partial charge in [0.1, 0.15) is 6.54 Å². The van der Waals surface area contributed by atoms with Gasteiger partial charge in [0.25, 0.3) is 11.8 Å². The zero-order chi connectivity index (χ0) is 15.1. The van der Waals surface area contributed by atoms with Crippen LogP contribution in [0.25, 0.3) is 0 Å². The normalized spacial score (nSPS) is 13.5. The number of carboxylic acid groups (broad SMARTS) is 1. The number of carboxylic acids is 1. The molecular weight excluding hydrogens is 270 g/mol. The average molecular weight is 283 g/mol. The summed E-state index contributed by atoms with van der Waals surface area (Å²) in [6, 6.07) is 0. The van der Waals surface area contributed by atoms with Crippen molar-refractivity contribution < 1.29 is 29.1 Å². The van der Waals surface area contributed by atoms with Crippen molar-refractivity contribution in [2.75, 3.05) is 19.6 Å². The fourth-order valence-corrected chi connectivity index (χ4v) is 1.37. The number of imide groups is 1. The highest BCUT2D eigenvalue weighted by Crippen LogP contribution is 2.03. The van der Waals surface area contributed by atoms with E-state index < -0.39 is 36.1 Å². The molecule has 0 radical (unpaired) electrons. The molecule has 0 spiro atoms. The second-order valence-corrected chi connectivity index (χ2v) is 3.86. The second-order valence-electron chi connectivity index (χ2n) is 3.86. The number of hydrogen-bond acceptors (Lipinski definition) is 5. The number of rotatable bonds is 7. The van der Waals surface area contributed by atoms with E-state index in [2.05, 4.69) is 10.6 Å². The van der Waals surface area contributed by atoms with Gasteiger partial charge in [-0.3, -0.25) is 28.9 Å². The van der Waals surface area contributed by atoms with Crippen LogP contribution in [0.1, 0.15) is 6.42 Å². The van der Waals surface area contributed by atoms with Gasteiger partial charge in [0.2, 0.25) is 11.8 Å². The molecule has 0 aromatic rings. The van der Waals surface area contributed by atoms with E-state index in [4.69, 9.17) is 5.11 Å². The Morgan fingerprint density at radius 2 is 1.55 bits per heavy atom. The highest BCUT2D eigenvalue weighted by molar-refractivity contribution is 6.13. The van der Waals surface area contributed by atoms with Crippen molar-refractivity contribution in [2.24, 2.45) is 0 Å². The minimum atomic E-state index is -1.19. The Morgan fingerprint density at radius 1 is 1.00 bits per heavy atom. The van der Waals surface area contributed by atoms with Gasteiger partial charge in [-0.2, -0.15) is 0 Å². The first-order chi connectivity index (χ1) is 9.40. The Hall–Kier alpha value is -2.71. The Morgan fingerprint density at radius 3 is 2.10 bits per heavy atom. The third-order valence-corrected chi connectivity index (χ3v) is 2.35. The molecule has 1 heterocycles. The van der Waals surface area contributed by atoms with Crippen molar-refractivity contribution in [2.45, 2.75) is 6.42 Å². The summed E-state index contributed by atoms with van der Waals surface area (Å²) in [6.45, 7) is -0.976. The van der Waals surface area contributed by atoms with Crippen LogP contribution in [0.4, 0.5) is 0 Å². The van der Waals surface area contributed by atoms with Gasteiger partial charge < -0.3 is 15.7 Å². The molecule has 0 aromatic heterocycles. The van der Waals surface area contributed by atoms with Crippen molar-refractivity contribution >= 4 is 29.6 Å². The number of aliphatic carboxylic acids is 1. The van der Waals surface area contributed by atoms with Gasteiger partial charge in [0.05, 0.1) is 6.54 Å². The van der Waals surface area contributed by atoms with Gasteiger partial charge in [-0.25, -0.2) is 0 Å². The monoisotopic (exact) mass is 283 g/mol. The summed E-state index contributed by atoms with van der Waals surface area (Å²) in [4.78, 5) is 55.9. The zero-order valence-electron chi connectivity index (χ0n) is 10.4. The predicted octanol–water partition coefficient (Wildman–Crippen LogP) is -2.38. The molecule has 0 aliphatic carbocycles. The average Bonchev–Trinajstić information content (AvgIpc) is 2.71. The number of hydrogen-bond donors (Lipinski definition) is 3. The van der Waals surface area contributed by atoms with Gasteiger partial charge in [0.15, 0.2) is 0 Å². The van der Waals surface area contributed by atoms with E-state index in [-0.39, 0.29) is 19.5 Å². The third-order valence-electron chi connectivity index (χ3n) is 2.35. The first-order valence-electron chi connectivity index (χ1n) is 5.69. The van der Waals surface area contributed by atoms with E-state index in [0.29, 0.717) is 0 Å². The third kappa shape index (κ3) is 4.88. The van der Waals surface area contributed by atoms with E-state index in [1.54, 1.807) is 0 Å². The summed E-state index contributed by atoms with van der Waals surface area (Å²) < 4.78 is 0. The Labute approximate surface area is 113 Å². The highest BCUT2D eigenvalue weighted by Gasteiger charge is 2.23. The maximum atomic E-state index is 11.4. The fraction of sp³-hybridized carbons (Fsp3) is 0.364. The van der Waals surface area contributed by atoms with Crippen molar-refractivity contribution in [3.05, 3.63) is 12.2 Å². The van der Waals surface area contributed by atoms with Crippen LogP contribution in [0.3, 0.4) is 0 Å². The molecule has 0 fully saturated rings. The minimum Gasteiger partial charge on any atom is -0.480 e. The number of amides is 4. The van der Waals surface area contributed by atoms with Crippen molar-refractivity contribution in [1.82, 2.24) is 15.5 Å². The van der Waals surface area contributed by atoms with Crippen molar-refractivity contribution in [3.8, 4) is 0 Å². The molecule has 0 unspecified atom stereocenters. The first-order valence-corrected chi connectivity index (χ1v) is 5.69. The molecule has 1 aliphatic heterocycles. The van der Waals surface area contributed by atoms with Gasteiger partial charge >= 0.3 is 5.97 Å². The number of carbonyl (C=O) groups excluding carboxylic acids is 4. The molecule has 9 nitrogen and oxygen atoms in total. The summed E-state index contributed by atoms with van der Waals surface area (Å²) in [5, 5.41) is 12.6. The summed E-state index contributed by atoms with van der Waals surface area (Å²) in [7, 11) is 0. The summed E-state index contributed by atoms with van der Waals surface area (Å²) in [5.41, 5.74) is 0. The summed E-state index contributed by atoms with van der Waals surface area (Å²) in [6.07, 6.45) is 2.09. The topological polar surface area (TPSA) is 133 Å². The minimum absolute atomic E-state index is 0.0761. The summed E-state index contributed by atoms with van der Waals surface area (Å²) >= 11 is 0. The Kier molecular flexibility index (Phi) is 5.39. The van der Waals surface area contributed by atoms with E-state index >= 15 is 0 Å². The summed E-state index contributed by atoms with van der Waals surface area (Å²) in [5.74, 6) is -3.33. The van der Waals surface area contributed by atoms with E-state index in [9.17, 15) is 24.0 Å². The molecule has 0 saturated carbocycles. The van der Waals surface area contributed by atoms with Crippen LogP contribution >= 0.6 is 0 Å². The maximum Gasteiger partial charge on any atom is 0.322 e. The SMILES string of the molecule is O=C(O)CNC(=O)CNC(=O)CCN1C(=O)C=CC1=O. The lowest BCUT2D eigenvalue weighted by Crippen LogP contribution is -2.40. The van der Waals surface area contributed by atoms with Crippen LogP contribution in [-0.4, -0.2) is 59.2 Å². The predicted molar refractivity (Wildman–Crippen MR) is 64.1 cm³/mol. The zero-order valence-corrected chi connectivity index (χ0v) is 10.4. The number of nitrogens with zero attached hydrogens (tertiary/aromatic N) is 1. The van der Waals surface area contributed by atoms with Crippen LogP contribution in [0, 0.1) is 0 Å². The van der Waals surface area contributed by atoms with E-state index in [1.165, 1.54) is 0 Å². The fourth-order valence-electron chi connectivity index (χ4n) is 1.37. The molecule has 0 saturated heterocycles. The number of carbonyl (C=O) groups is 5. The van der Waals surface area contributed by atoms with E-state index in [0.717, 1.165) is 17.1 Å². The van der Waals surface area contributed by atoms with Gasteiger partial charge in [-0.15, -0.1) is 0 Å². The van der Waals surface area contributed by atoms with Gasteiger partial charge in [-0.05, 0) is 0 Å². The first kappa shape index (κ1) is 15.3. The molecule has 3 N–H and O–H groups in total. The molecule has 0 bridgehead atoms. The van der Waals surface area contributed by atoms with E-state index in [1.807, 2.05) is 0 Å². The molecule has 20 heavy (non-hydrogen) atoms. The lowest BCUT2D eigenvalue weighted by molar-refractivity contribution is -0.138. The highest BCUT2D eigenvalue weighted by atomic mass is 16.4. The second kappa shape index (κ2) is 7.02. The van der Waals surface area contributed by atoms with Gasteiger partial charge in [0, 0.05) is 25.1 Å². The van der Waals surface area contributed by atoms with Crippen LogP contribution < -0.4 is 10.6 Å². The molecule has 9 heteroatoms. The van der Waals surface area contributed by atoms with Gasteiger partial charge in [-0.1, -0.05) is 0 Å². The van der Waals surface area contributed by atoms with Crippen LogP contribution in [-0.2, 0) is 24.0 Å². The van der Waals surface area contributed by atoms with Crippen molar-refractivity contribution in [3.63, 3.8) is 0 Å². The van der Waals surface area contributed by atoms with Crippen molar-refractivity contribution in [1.29, 1.82) is 0 Å². The maximum absolute atomic E-state index is 11.4. The van der Waals surface area contributed by atoms with Crippen LogP contribution in [0.5, 0.6) is 0 Å². The number of nitrogens with one attached hydrogen (secondary N) is 2. The Balaban J connectivity index is 2.21. The molecule has 0 aromatic carbocycles. The molecule has 4 amide bonds. The molecule has 0 atom stereocenters. The Bertz CT molecular complexity index is 467. The molecular formula is C11H13N3O6.